The van der Waals surface area contributed by atoms with E-state index in [4.69, 9.17) is 9.47 Å². The van der Waals surface area contributed by atoms with Crippen LogP contribution in [0, 0.1) is 0 Å². The first-order valence-electron chi connectivity index (χ1n) is 9.49. The number of amides is 1. The normalized spacial score (nSPS) is 17.3. The number of ether oxygens (including phenoxy) is 2. The highest BCUT2D eigenvalue weighted by molar-refractivity contribution is 5.98. The molecular formula is C22H23NO4. The van der Waals surface area contributed by atoms with Gasteiger partial charge in [-0.05, 0) is 48.6 Å². The van der Waals surface area contributed by atoms with Crippen molar-refractivity contribution >= 4 is 11.7 Å². The van der Waals surface area contributed by atoms with Crippen molar-refractivity contribution < 1.29 is 19.1 Å². The van der Waals surface area contributed by atoms with Gasteiger partial charge in [-0.25, -0.2) is 0 Å². The molecule has 0 saturated carbocycles. The lowest BCUT2D eigenvalue weighted by atomic mass is 10.0. The molecule has 0 saturated heterocycles. The molecule has 5 heteroatoms. The Bertz CT molecular complexity index is 861. The molecule has 1 amide bonds. The second-order valence-corrected chi connectivity index (χ2v) is 7.06. The van der Waals surface area contributed by atoms with E-state index in [9.17, 15) is 9.59 Å². The number of rotatable bonds is 6. The Balaban J connectivity index is 1.23. The summed E-state index contributed by atoms with van der Waals surface area (Å²) in [4.78, 5) is 24.5. The zero-order chi connectivity index (χ0) is 18.6. The number of benzene rings is 2. The maximum absolute atomic E-state index is 12.4. The number of hydrogen-bond acceptors (Lipinski definition) is 4. The number of carbonyl (C=O) groups excluding carboxylic acids is 2. The number of aryl methyl sites for hydroxylation is 2. The SMILES string of the molecule is O=C(CCC(=O)c1ccc2c(c1)CCC2)NCC1COc2ccccc2O1. The van der Waals surface area contributed by atoms with Gasteiger partial charge in [0.2, 0.25) is 5.91 Å². The van der Waals surface area contributed by atoms with Crippen molar-refractivity contribution in [3.63, 3.8) is 0 Å². The minimum absolute atomic E-state index is 0.0195. The Morgan fingerprint density at radius 2 is 1.81 bits per heavy atom. The standard InChI is InChI=1S/C22H23NO4/c24-19(17-9-8-15-4-3-5-16(15)12-17)10-11-22(25)23-13-18-14-26-20-6-1-2-7-21(20)27-18/h1-2,6-9,12,18H,3-5,10-11,13-14H2,(H,23,25). The summed E-state index contributed by atoms with van der Waals surface area (Å²) < 4.78 is 11.4. The van der Waals surface area contributed by atoms with E-state index in [1.54, 1.807) is 0 Å². The van der Waals surface area contributed by atoms with Crippen LogP contribution in [0.25, 0.3) is 0 Å². The van der Waals surface area contributed by atoms with E-state index >= 15 is 0 Å². The van der Waals surface area contributed by atoms with Crippen molar-refractivity contribution in [3.05, 3.63) is 59.2 Å². The fraction of sp³-hybridized carbons (Fsp3) is 0.364. The average Bonchev–Trinajstić information content (AvgIpc) is 3.18. The maximum atomic E-state index is 12.4. The molecule has 0 aromatic heterocycles. The molecule has 2 aromatic carbocycles. The number of carbonyl (C=O) groups is 2. The van der Waals surface area contributed by atoms with E-state index in [2.05, 4.69) is 5.32 Å². The van der Waals surface area contributed by atoms with Crippen LogP contribution < -0.4 is 14.8 Å². The van der Waals surface area contributed by atoms with Crippen molar-refractivity contribution in [1.82, 2.24) is 5.32 Å². The zero-order valence-corrected chi connectivity index (χ0v) is 15.2. The molecule has 4 rings (SSSR count). The largest absolute Gasteiger partial charge is 0.486 e. The lowest BCUT2D eigenvalue weighted by Crippen LogP contribution is -2.40. The van der Waals surface area contributed by atoms with Gasteiger partial charge in [0.15, 0.2) is 17.3 Å². The third-order valence-corrected chi connectivity index (χ3v) is 5.09. The molecule has 1 atom stereocenters. The third-order valence-electron chi connectivity index (χ3n) is 5.09. The molecule has 27 heavy (non-hydrogen) atoms. The zero-order valence-electron chi connectivity index (χ0n) is 15.2. The first-order chi connectivity index (χ1) is 13.2. The van der Waals surface area contributed by atoms with Crippen molar-refractivity contribution in [2.75, 3.05) is 13.2 Å². The monoisotopic (exact) mass is 365 g/mol. The predicted molar refractivity (Wildman–Crippen MR) is 101 cm³/mol. The van der Waals surface area contributed by atoms with E-state index in [-0.39, 0.29) is 30.6 Å². The maximum Gasteiger partial charge on any atom is 0.220 e. The Hall–Kier alpha value is -2.82. The predicted octanol–water partition coefficient (Wildman–Crippen LogP) is 3.09. The number of fused-ring (bicyclic) bond motifs is 2. The van der Waals surface area contributed by atoms with Crippen LogP contribution in [-0.2, 0) is 17.6 Å². The smallest absolute Gasteiger partial charge is 0.220 e. The molecule has 2 aliphatic rings. The lowest BCUT2D eigenvalue weighted by molar-refractivity contribution is -0.121. The minimum atomic E-state index is -0.226. The van der Waals surface area contributed by atoms with E-state index in [0.29, 0.717) is 24.5 Å². The quantitative estimate of drug-likeness (QED) is 0.799. The highest BCUT2D eigenvalue weighted by atomic mass is 16.6. The average molecular weight is 365 g/mol. The Morgan fingerprint density at radius 3 is 2.70 bits per heavy atom. The summed E-state index contributed by atoms with van der Waals surface area (Å²) in [5, 5.41) is 2.84. The van der Waals surface area contributed by atoms with Crippen LogP contribution in [0.5, 0.6) is 11.5 Å². The number of hydrogen-bond donors (Lipinski definition) is 1. The summed E-state index contributed by atoms with van der Waals surface area (Å²) in [6.07, 6.45) is 3.48. The van der Waals surface area contributed by atoms with Gasteiger partial charge in [-0.2, -0.15) is 0 Å². The van der Waals surface area contributed by atoms with Gasteiger partial charge < -0.3 is 14.8 Å². The molecule has 1 aliphatic carbocycles. The van der Waals surface area contributed by atoms with Crippen molar-refractivity contribution in [1.29, 1.82) is 0 Å². The molecule has 1 unspecified atom stereocenters. The van der Waals surface area contributed by atoms with Gasteiger partial charge in [0.25, 0.3) is 0 Å². The summed E-state index contributed by atoms with van der Waals surface area (Å²) in [6.45, 7) is 0.756. The fourth-order valence-electron chi connectivity index (χ4n) is 3.60. The molecule has 2 aromatic rings. The third kappa shape index (κ3) is 4.13. The van der Waals surface area contributed by atoms with Crippen LogP contribution in [0.3, 0.4) is 0 Å². The van der Waals surface area contributed by atoms with Crippen LogP contribution in [0.1, 0.15) is 40.7 Å². The van der Waals surface area contributed by atoms with Gasteiger partial charge in [-0.1, -0.05) is 24.3 Å². The van der Waals surface area contributed by atoms with E-state index < -0.39 is 0 Å². The minimum Gasteiger partial charge on any atom is -0.486 e. The van der Waals surface area contributed by atoms with Crippen LogP contribution in [0.2, 0.25) is 0 Å². The Labute approximate surface area is 158 Å². The molecule has 0 fully saturated rings. The van der Waals surface area contributed by atoms with Gasteiger partial charge in [-0.15, -0.1) is 0 Å². The van der Waals surface area contributed by atoms with E-state index in [0.717, 1.165) is 25.0 Å². The molecular weight excluding hydrogens is 342 g/mol. The first-order valence-corrected chi connectivity index (χ1v) is 9.49. The molecule has 0 bridgehead atoms. The summed E-state index contributed by atoms with van der Waals surface area (Å²) >= 11 is 0. The van der Waals surface area contributed by atoms with Gasteiger partial charge in [0.05, 0.1) is 6.54 Å². The van der Waals surface area contributed by atoms with Crippen LogP contribution in [-0.4, -0.2) is 30.9 Å². The summed E-state index contributed by atoms with van der Waals surface area (Å²) in [5.41, 5.74) is 3.34. The molecule has 1 heterocycles. The molecule has 0 radical (unpaired) electrons. The van der Waals surface area contributed by atoms with Crippen LogP contribution >= 0.6 is 0 Å². The highest BCUT2D eigenvalue weighted by Crippen LogP contribution is 2.30. The molecule has 1 N–H and O–H groups in total. The number of Topliss-reactive ketones (excluding diaryl/α,β-unsaturated/α-hetero) is 1. The topological polar surface area (TPSA) is 64.6 Å². The number of para-hydroxylation sites is 2. The molecule has 1 aliphatic heterocycles. The second-order valence-electron chi connectivity index (χ2n) is 7.06. The number of ketones is 1. The van der Waals surface area contributed by atoms with Crippen molar-refractivity contribution in [2.24, 2.45) is 0 Å². The molecule has 5 nitrogen and oxygen atoms in total. The van der Waals surface area contributed by atoms with Gasteiger partial charge in [0.1, 0.15) is 12.7 Å². The lowest BCUT2D eigenvalue weighted by Gasteiger charge is -2.26. The first kappa shape index (κ1) is 17.6. The summed E-state index contributed by atoms with van der Waals surface area (Å²) in [6, 6.07) is 13.4. The fourth-order valence-corrected chi connectivity index (χ4v) is 3.60. The highest BCUT2D eigenvalue weighted by Gasteiger charge is 2.21. The van der Waals surface area contributed by atoms with Crippen LogP contribution in [0.4, 0.5) is 0 Å². The Kier molecular flexibility index (Phi) is 5.10. The van der Waals surface area contributed by atoms with Gasteiger partial charge >= 0.3 is 0 Å². The van der Waals surface area contributed by atoms with E-state index in [1.807, 2.05) is 42.5 Å². The Morgan fingerprint density at radius 1 is 1.00 bits per heavy atom. The van der Waals surface area contributed by atoms with Crippen molar-refractivity contribution in [3.8, 4) is 11.5 Å². The number of nitrogens with one attached hydrogen (secondary N) is 1. The summed E-state index contributed by atoms with van der Waals surface area (Å²) in [5.74, 6) is 1.29. The second kappa shape index (κ2) is 7.82. The van der Waals surface area contributed by atoms with Gasteiger partial charge in [0, 0.05) is 18.4 Å². The molecule has 140 valence electrons. The van der Waals surface area contributed by atoms with Crippen LogP contribution in [0.15, 0.2) is 42.5 Å². The van der Waals surface area contributed by atoms with E-state index in [1.165, 1.54) is 11.1 Å². The van der Waals surface area contributed by atoms with Crippen molar-refractivity contribution in [2.45, 2.75) is 38.2 Å². The summed E-state index contributed by atoms with van der Waals surface area (Å²) in [7, 11) is 0. The van der Waals surface area contributed by atoms with Gasteiger partial charge in [-0.3, -0.25) is 9.59 Å². The molecule has 0 spiro atoms.